The van der Waals surface area contributed by atoms with Crippen LogP contribution < -0.4 is 4.90 Å². The van der Waals surface area contributed by atoms with E-state index in [0.29, 0.717) is 28.6 Å². The molecule has 4 rings (SSSR count). The number of ketones is 1. The van der Waals surface area contributed by atoms with Crippen LogP contribution in [0.1, 0.15) is 40.9 Å². The van der Waals surface area contributed by atoms with Crippen molar-refractivity contribution in [3.8, 4) is 0 Å². The molecule has 0 N–H and O–H groups in total. The molecule has 1 aliphatic heterocycles. The zero-order chi connectivity index (χ0) is 20.4. The van der Waals surface area contributed by atoms with Gasteiger partial charge in [-0.05, 0) is 43.0 Å². The van der Waals surface area contributed by atoms with Crippen LogP contribution in [0.15, 0.2) is 36.4 Å². The second-order valence-corrected chi connectivity index (χ2v) is 9.22. The molecular weight excluding hydrogens is 410 g/mol. The van der Waals surface area contributed by atoms with Gasteiger partial charge in [-0.25, -0.2) is 0 Å². The van der Waals surface area contributed by atoms with Crippen molar-refractivity contribution in [2.45, 2.75) is 32.1 Å². The van der Waals surface area contributed by atoms with E-state index in [1.807, 2.05) is 29.2 Å². The fourth-order valence-electron chi connectivity index (χ4n) is 4.25. The maximum absolute atomic E-state index is 13.3. The van der Waals surface area contributed by atoms with Gasteiger partial charge in [-0.2, -0.15) is 0 Å². The van der Waals surface area contributed by atoms with Gasteiger partial charge in [-0.3, -0.25) is 14.4 Å². The fraction of sp³-hybridized carbons (Fsp3) is 0.409. The molecule has 2 aromatic rings. The van der Waals surface area contributed by atoms with Crippen LogP contribution in [0.25, 0.3) is 0 Å². The summed E-state index contributed by atoms with van der Waals surface area (Å²) in [6.45, 7) is 0.327. The summed E-state index contributed by atoms with van der Waals surface area (Å²) >= 11 is 7.02. The molecule has 0 unspecified atom stereocenters. The van der Waals surface area contributed by atoms with Gasteiger partial charge in [-0.1, -0.05) is 42.6 Å². The Balaban J connectivity index is 1.42. The third-order valence-corrected chi connectivity index (χ3v) is 7.00. The zero-order valence-electron chi connectivity index (χ0n) is 15.9. The summed E-state index contributed by atoms with van der Waals surface area (Å²) in [5, 5.41) is 0. The summed E-state index contributed by atoms with van der Waals surface area (Å²) in [6.07, 6.45) is 3.92. The van der Waals surface area contributed by atoms with Crippen LogP contribution in [-0.4, -0.2) is 30.8 Å². The maximum atomic E-state index is 13.3. The number of hydrogen-bond donors (Lipinski definition) is 0. The van der Waals surface area contributed by atoms with Crippen LogP contribution in [0.4, 0.5) is 5.69 Å². The SMILES string of the molecule is O=C(COC(=O)[C@H]1CCCC[C@@H]1C(=O)N1CCc2ccccc21)c1ccc(Cl)s1. The van der Waals surface area contributed by atoms with E-state index in [2.05, 4.69) is 0 Å². The standard InChI is InChI=1S/C22H22ClNO4S/c23-20-10-9-19(29-20)18(25)13-28-22(27)16-7-3-2-6-15(16)21(26)24-12-11-14-5-1-4-8-17(14)24/h1,4-5,8-10,15-16H,2-3,6-7,11-13H2/t15-,16-/m0/s1. The molecule has 2 heterocycles. The van der Waals surface area contributed by atoms with Crippen LogP contribution in [0.5, 0.6) is 0 Å². The Kier molecular flexibility index (Phi) is 6.01. The highest BCUT2D eigenvalue weighted by Gasteiger charge is 2.40. The van der Waals surface area contributed by atoms with Crippen molar-refractivity contribution < 1.29 is 19.1 Å². The number of esters is 1. The molecule has 0 radical (unpaired) electrons. The number of amides is 1. The predicted molar refractivity (Wildman–Crippen MR) is 113 cm³/mol. The first-order chi connectivity index (χ1) is 14.0. The highest BCUT2D eigenvalue weighted by atomic mass is 35.5. The first-order valence-corrected chi connectivity index (χ1v) is 11.1. The minimum Gasteiger partial charge on any atom is -0.457 e. The number of carbonyl (C=O) groups excluding carboxylic acids is 3. The van der Waals surface area contributed by atoms with Gasteiger partial charge < -0.3 is 9.64 Å². The Morgan fingerprint density at radius 2 is 1.83 bits per heavy atom. The summed E-state index contributed by atoms with van der Waals surface area (Å²) in [5.74, 6) is -1.63. The van der Waals surface area contributed by atoms with E-state index in [-0.39, 0.29) is 18.3 Å². The Labute approximate surface area is 178 Å². The smallest absolute Gasteiger partial charge is 0.310 e. The molecule has 29 heavy (non-hydrogen) atoms. The van der Waals surface area contributed by atoms with Crippen molar-refractivity contribution in [1.82, 2.24) is 0 Å². The van der Waals surface area contributed by atoms with Gasteiger partial charge in [0.05, 0.1) is 21.0 Å². The van der Waals surface area contributed by atoms with E-state index in [1.54, 1.807) is 12.1 Å². The number of thiophene rings is 1. The molecule has 7 heteroatoms. The summed E-state index contributed by atoms with van der Waals surface area (Å²) in [4.78, 5) is 40.5. The number of hydrogen-bond acceptors (Lipinski definition) is 5. The normalized spacial score (nSPS) is 20.9. The zero-order valence-corrected chi connectivity index (χ0v) is 17.5. The lowest BCUT2D eigenvalue weighted by Gasteiger charge is -2.32. The summed E-state index contributed by atoms with van der Waals surface area (Å²) in [6, 6.07) is 11.2. The van der Waals surface area contributed by atoms with Crippen molar-refractivity contribution in [1.29, 1.82) is 0 Å². The van der Waals surface area contributed by atoms with Gasteiger partial charge in [0.15, 0.2) is 6.61 Å². The number of Topliss-reactive ketones (excluding diaryl/α,β-unsaturated/α-hetero) is 1. The van der Waals surface area contributed by atoms with Crippen molar-refractivity contribution in [2.75, 3.05) is 18.1 Å². The predicted octanol–water partition coefficient (Wildman–Crippen LogP) is 4.52. The van der Waals surface area contributed by atoms with Gasteiger partial charge in [0.25, 0.3) is 0 Å². The Bertz CT molecular complexity index is 940. The van der Waals surface area contributed by atoms with Crippen LogP contribution in [-0.2, 0) is 20.7 Å². The molecule has 1 saturated carbocycles. The Hall–Kier alpha value is -2.18. The average Bonchev–Trinajstić information content (AvgIpc) is 3.37. The third-order valence-electron chi connectivity index (χ3n) is 5.73. The average molecular weight is 432 g/mol. The number of ether oxygens (including phenoxy) is 1. The van der Waals surface area contributed by atoms with Crippen LogP contribution in [0.2, 0.25) is 4.34 Å². The number of halogens is 1. The molecule has 0 saturated heterocycles. The number of para-hydroxylation sites is 1. The third kappa shape index (κ3) is 4.23. The van der Waals surface area contributed by atoms with Gasteiger partial charge >= 0.3 is 5.97 Å². The van der Waals surface area contributed by atoms with E-state index < -0.39 is 17.8 Å². The molecular formula is C22H22ClNO4S. The van der Waals surface area contributed by atoms with Gasteiger partial charge in [0.1, 0.15) is 0 Å². The lowest BCUT2D eigenvalue weighted by atomic mass is 9.78. The largest absolute Gasteiger partial charge is 0.457 e. The van der Waals surface area contributed by atoms with E-state index in [9.17, 15) is 14.4 Å². The lowest BCUT2D eigenvalue weighted by molar-refractivity contribution is -0.153. The first kappa shape index (κ1) is 20.1. The molecule has 1 aromatic heterocycles. The molecule has 2 atom stereocenters. The molecule has 1 aliphatic carbocycles. The maximum Gasteiger partial charge on any atom is 0.310 e. The first-order valence-electron chi connectivity index (χ1n) is 9.89. The Morgan fingerprint density at radius 1 is 1.07 bits per heavy atom. The van der Waals surface area contributed by atoms with Crippen molar-refractivity contribution >= 4 is 46.3 Å². The van der Waals surface area contributed by atoms with E-state index in [0.717, 1.165) is 41.9 Å². The quantitative estimate of drug-likeness (QED) is 0.515. The lowest BCUT2D eigenvalue weighted by Crippen LogP contribution is -2.42. The van der Waals surface area contributed by atoms with E-state index in [4.69, 9.17) is 16.3 Å². The van der Waals surface area contributed by atoms with Gasteiger partial charge in [0.2, 0.25) is 11.7 Å². The number of anilines is 1. The summed E-state index contributed by atoms with van der Waals surface area (Å²) in [7, 11) is 0. The molecule has 0 spiro atoms. The van der Waals surface area contributed by atoms with Crippen LogP contribution >= 0.6 is 22.9 Å². The molecule has 0 bridgehead atoms. The highest BCUT2D eigenvalue weighted by molar-refractivity contribution is 7.18. The minimum atomic E-state index is -0.497. The van der Waals surface area contributed by atoms with Crippen molar-refractivity contribution in [3.63, 3.8) is 0 Å². The molecule has 5 nitrogen and oxygen atoms in total. The van der Waals surface area contributed by atoms with Crippen molar-refractivity contribution in [3.05, 3.63) is 51.2 Å². The second kappa shape index (κ2) is 8.67. The monoisotopic (exact) mass is 431 g/mol. The molecule has 1 fully saturated rings. The molecule has 2 aliphatic rings. The molecule has 152 valence electrons. The van der Waals surface area contributed by atoms with Gasteiger partial charge in [0, 0.05) is 12.2 Å². The minimum absolute atomic E-state index is 0.00651. The van der Waals surface area contributed by atoms with E-state index in [1.165, 1.54) is 0 Å². The fourth-order valence-corrected chi connectivity index (χ4v) is 5.22. The number of fused-ring (bicyclic) bond motifs is 1. The molecule has 1 amide bonds. The topological polar surface area (TPSA) is 63.7 Å². The van der Waals surface area contributed by atoms with Crippen LogP contribution in [0, 0.1) is 11.8 Å². The number of benzene rings is 1. The van der Waals surface area contributed by atoms with Crippen molar-refractivity contribution in [2.24, 2.45) is 11.8 Å². The molecule has 1 aromatic carbocycles. The summed E-state index contributed by atoms with van der Waals surface area (Å²) < 4.78 is 5.84. The summed E-state index contributed by atoms with van der Waals surface area (Å²) in [5.41, 5.74) is 2.11. The number of carbonyl (C=O) groups is 3. The van der Waals surface area contributed by atoms with Gasteiger partial charge in [-0.15, -0.1) is 11.3 Å². The number of rotatable bonds is 5. The second-order valence-electron chi connectivity index (χ2n) is 7.50. The highest BCUT2D eigenvalue weighted by Crippen LogP contribution is 2.36. The number of nitrogens with zero attached hydrogens (tertiary/aromatic N) is 1. The Morgan fingerprint density at radius 3 is 2.59 bits per heavy atom. The van der Waals surface area contributed by atoms with E-state index >= 15 is 0 Å². The van der Waals surface area contributed by atoms with Crippen LogP contribution in [0.3, 0.4) is 0 Å².